The number of carbonyl (C=O) groups is 1. The van der Waals surface area contributed by atoms with Crippen molar-refractivity contribution in [1.29, 1.82) is 0 Å². The van der Waals surface area contributed by atoms with E-state index in [1.54, 1.807) is 0 Å². The highest BCUT2D eigenvalue weighted by Gasteiger charge is 2.35. The van der Waals surface area contributed by atoms with E-state index < -0.39 is 16.1 Å². The maximum Gasteiger partial charge on any atom is 0.223 e. The lowest BCUT2D eigenvalue weighted by molar-refractivity contribution is -0.126. The van der Waals surface area contributed by atoms with Gasteiger partial charge in [-0.25, -0.2) is 12.7 Å². The number of amides is 1. The maximum absolute atomic E-state index is 12.2. The van der Waals surface area contributed by atoms with Gasteiger partial charge in [0.1, 0.15) is 0 Å². The lowest BCUT2D eigenvalue weighted by atomic mass is 9.96. The Balaban J connectivity index is 1.81. The molecule has 2 fully saturated rings. The minimum Gasteiger partial charge on any atom is -0.396 e. The zero-order valence-electron chi connectivity index (χ0n) is 12.2. The van der Waals surface area contributed by atoms with E-state index in [1.165, 1.54) is 10.6 Å². The van der Waals surface area contributed by atoms with Gasteiger partial charge in [0, 0.05) is 37.6 Å². The average molecular weight is 320 g/mol. The fourth-order valence-corrected chi connectivity index (χ4v) is 4.06. The molecule has 3 atom stereocenters. The number of nitrogens with zero attached hydrogens (tertiary/aromatic N) is 1. The number of piperidine rings is 1. The van der Waals surface area contributed by atoms with Gasteiger partial charge in [-0.1, -0.05) is 0 Å². The van der Waals surface area contributed by atoms with Crippen LogP contribution >= 0.6 is 0 Å². The van der Waals surface area contributed by atoms with Gasteiger partial charge in [0.25, 0.3) is 0 Å². The standard InChI is InChI=1S/C13H24N2O5S/c1-21(19,20)15-4-2-9(3-5-15)13(18)14-11-6-10(8-16)12(17)7-11/h9-12,16-17H,2-8H2,1H3,(H,14,18)/t10-,11+,12-/m1/s1. The maximum atomic E-state index is 12.2. The lowest BCUT2D eigenvalue weighted by Crippen LogP contribution is -2.44. The Hall–Kier alpha value is -0.700. The van der Waals surface area contributed by atoms with Crippen molar-refractivity contribution in [3.05, 3.63) is 0 Å². The molecule has 3 N–H and O–H groups in total. The Morgan fingerprint density at radius 2 is 1.90 bits per heavy atom. The molecule has 122 valence electrons. The van der Waals surface area contributed by atoms with Crippen molar-refractivity contribution in [2.24, 2.45) is 11.8 Å². The van der Waals surface area contributed by atoms with E-state index in [0.717, 1.165) is 0 Å². The molecule has 8 heteroatoms. The molecule has 21 heavy (non-hydrogen) atoms. The number of rotatable bonds is 4. The predicted molar refractivity (Wildman–Crippen MR) is 76.9 cm³/mol. The average Bonchev–Trinajstić information content (AvgIpc) is 2.78. The van der Waals surface area contributed by atoms with Crippen molar-refractivity contribution in [2.45, 2.75) is 37.8 Å². The molecule has 1 aliphatic heterocycles. The summed E-state index contributed by atoms with van der Waals surface area (Å²) in [5.41, 5.74) is 0. The van der Waals surface area contributed by atoms with Crippen LogP contribution in [0.2, 0.25) is 0 Å². The van der Waals surface area contributed by atoms with Crippen LogP contribution in [0.15, 0.2) is 0 Å². The highest BCUT2D eigenvalue weighted by Crippen LogP contribution is 2.27. The first-order valence-corrected chi connectivity index (χ1v) is 9.20. The third-order valence-corrected chi connectivity index (χ3v) is 5.84. The summed E-state index contributed by atoms with van der Waals surface area (Å²) in [4.78, 5) is 12.2. The second-order valence-electron chi connectivity index (χ2n) is 6.12. The second-order valence-corrected chi connectivity index (χ2v) is 8.11. The van der Waals surface area contributed by atoms with E-state index in [0.29, 0.717) is 38.8 Å². The molecule has 1 saturated heterocycles. The lowest BCUT2D eigenvalue weighted by Gasteiger charge is -2.30. The molecule has 0 unspecified atom stereocenters. The Labute approximate surface area is 125 Å². The van der Waals surface area contributed by atoms with Crippen LogP contribution in [-0.4, -0.2) is 66.9 Å². The molecule has 1 heterocycles. The molecule has 0 bridgehead atoms. The van der Waals surface area contributed by atoms with Gasteiger partial charge in [-0.05, 0) is 25.7 Å². The quantitative estimate of drug-likeness (QED) is 0.610. The summed E-state index contributed by atoms with van der Waals surface area (Å²) in [6, 6.07) is -0.0995. The van der Waals surface area contributed by atoms with Crippen molar-refractivity contribution in [2.75, 3.05) is 26.0 Å². The van der Waals surface area contributed by atoms with Crippen LogP contribution in [-0.2, 0) is 14.8 Å². The molecule has 0 aromatic rings. The Morgan fingerprint density at radius 3 is 2.38 bits per heavy atom. The molecule has 0 aromatic heterocycles. The van der Waals surface area contributed by atoms with Crippen molar-refractivity contribution < 1.29 is 23.4 Å². The summed E-state index contributed by atoms with van der Waals surface area (Å²) >= 11 is 0. The van der Waals surface area contributed by atoms with Crippen LogP contribution in [0.4, 0.5) is 0 Å². The van der Waals surface area contributed by atoms with E-state index in [4.69, 9.17) is 5.11 Å². The fourth-order valence-electron chi connectivity index (χ4n) is 3.19. The van der Waals surface area contributed by atoms with Gasteiger partial charge in [0.05, 0.1) is 12.4 Å². The summed E-state index contributed by atoms with van der Waals surface area (Å²) in [5.74, 6) is -0.408. The van der Waals surface area contributed by atoms with E-state index >= 15 is 0 Å². The molecular weight excluding hydrogens is 296 g/mol. The van der Waals surface area contributed by atoms with Gasteiger partial charge in [0.2, 0.25) is 15.9 Å². The topological polar surface area (TPSA) is 107 Å². The molecule has 0 radical (unpaired) electrons. The molecule has 0 spiro atoms. The fraction of sp³-hybridized carbons (Fsp3) is 0.923. The first kappa shape index (κ1) is 16.7. The molecular formula is C13H24N2O5S. The number of aliphatic hydroxyl groups is 2. The monoisotopic (exact) mass is 320 g/mol. The summed E-state index contributed by atoms with van der Waals surface area (Å²) in [6.07, 6.45) is 2.73. The number of aliphatic hydroxyl groups excluding tert-OH is 2. The van der Waals surface area contributed by atoms with Gasteiger partial charge in [-0.15, -0.1) is 0 Å². The number of carbonyl (C=O) groups excluding carboxylic acids is 1. The van der Waals surface area contributed by atoms with E-state index in [2.05, 4.69) is 5.32 Å². The summed E-state index contributed by atoms with van der Waals surface area (Å²) in [5, 5.41) is 21.7. The molecule has 0 aromatic carbocycles. The first-order valence-electron chi connectivity index (χ1n) is 7.35. The SMILES string of the molecule is CS(=O)(=O)N1CCC(C(=O)N[C@H]2C[C@H](CO)[C@H](O)C2)CC1. The van der Waals surface area contributed by atoms with Crippen LogP contribution in [0.5, 0.6) is 0 Å². The zero-order chi connectivity index (χ0) is 15.6. The van der Waals surface area contributed by atoms with E-state index in [-0.39, 0.29) is 30.4 Å². The second kappa shape index (κ2) is 6.60. The normalized spacial score (nSPS) is 32.2. The summed E-state index contributed by atoms with van der Waals surface area (Å²) in [7, 11) is -3.17. The smallest absolute Gasteiger partial charge is 0.223 e. The van der Waals surface area contributed by atoms with Crippen LogP contribution in [0.25, 0.3) is 0 Å². The molecule has 7 nitrogen and oxygen atoms in total. The van der Waals surface area contributed by atoms with Crippen molar-refractivity contribution in [3.8, 4) is 0 Å². The highest BCUT2D eigenvalue weighted by molar-refractivity contribution is 7.88. The van der Waals surface area contributed by atoms with E-state index in [9.17, 15) is 18.3 Å². The molecule has 2 aliphatic rings. The number of sulfonamides is 1. The third-order valence-electron chi connectivity index (χ3n) is 4.53. The predicted octanol–water partition coefficient (Wildman–Crippen LogP) is -1.09. The van der Waals surface area contributed by atoms with Gasteiger partial charge >= 0.3 is 0 Å². The largest absolute Gasteiger partial charge is 0.396 e. The molecule has 1 saturated carbocycles. The number of hydrogen-bond donors (Lipinski definition) is 3. The third kappa shape index (κ3) is 4.15. The van der Waals surface area contributed by atoms with Gasteiger partial charge < -0.3 is 15.5 Å². The summed E-state index contributed by atoms with van der Waals surface area (Å²) < 4.78 is 24.2. The minimum atomic E-state index is -3.17. The Morgan fingerprint density at radius 1 is 1.29 bits per heavy atom. The Bertz CT molecular complexity index is 473. The first-order chi connectivity index (χ1) is 9.81. The van der Waals surface area contributed by atoms with Crippen LogP contribution in [0, 0.1) is 11.8 Å². The summed E-state index contributed by atoms with van der Waals surface area (Å²) in [6.45, 7) is 0.688. The van der Waals surface area contributed by atoms with Crippen LogP contribution in [0.3, 0.4) is 0 Å². The molecule has 1 aliphatic carbocycles. The van der Waals surface area contributed by atoms with Crippen LogP contribution in [0.1, 0.15) is 25.7 Å². The molecule has 1 amide bonds. The highest BCUT2D eigenvalue weighted by atomic mass is 32.2. The van der Waals surface area contributed by atoms with Crippen LogP contribution < -0.4 is 5.32 Å². The molecule has 2 rings (SSSR count). The van der Waals surface area contributed by atoms with E-state index in [1.807, 2.05) is 0 Å². The van der Waals surface area contributed by atoms with Gasteiger partial charge in [-0.3, -0.25) is 4.79 Å². The minimum absolute atomic E-state index is 0.0692. The number of hydrogen-bond acceptors (Lipinski definition) is 5. The van der Waals surface area contributed by atoms with Gasteiger partial charge in [0.15, 0.2) is 0 Å². The zero-order valence-corrected chi connectivity index (χ0v) is 13.1. The van der Waals surface area contributed by atoms with Crippen molar-refractivity contribution in [3.63, 3.8) is 0 Å². The van der Waals surface area contributed by atoms with Crippen molar-refractivity contribution in [1.82, 2.24) is 9.62 Å². The van der Waals surface area contributed by atoms with Gasteiger partial charge in [-0.2, -0.15) is 0 Å². The number of nitrogens with one attached hydrogen (secondary N) is 1. The Kier molecular flexibility index (Phi) is 5.24. The van der Waals surface area contributed by atoms with Crippen molar-refractivity contribution >= 4 is 15.9 Å².